The van der Waals surface area contributed by atoms with E-state index in [-0.39, 0.29) is 34.0 Å². The molecular weight excluding hydrogens is 357 g/mol. The number of alkyl halides is 3. The number of aromatic carboxylic acids is 1. The van der Waals surface area contributed by atoms with Crippen LogP contribution in [0.15, 0.2) is 22.8 Å². The lowest BCUT2D eigenvalue weighted by atomic mass is 10.1. The molecule has 5 nitrogen and oxygen atoms in total. The quantitative estimate of drug-likeness (QED) is 0.868. The molecule has 0 saturated heterocycles. The van der Waals surface area contributed by atoms with Crippen LogP contribution >= 0.6 is 15.9 Å². The summed E-state index contributed by atoms with van der Waals surface area (Å²) in [5.41, 5.74) is -0.580. The van der Waals surface area contributed by atoms with E-state index in [4.69, 9.17) is 1.37 Å². The Labute approximate surface area is 126 Å². The molecule has 2 rings (SSSR count). The molecule has 0 bridgehead atoms. The molecule has 0 spiro atoms. The molecule has 21 heavy (non-hydrogen) atoms. The average molecular weight is 366 g/mol. The summed E-state index contributed by atoms with van der Waals surface area (Å²) in [6.07, 6.45) is -3.73. The normalized spacial score (nSPS) is 12.1. The highest BCUT2D eigenvalue weighted by molar-refractivity contribution is 9.10. The maximum absolute atomic E-state index is 12.4. The SMILES string of the molecule is [2H]Cc1[nH]c(-c2ncccc2OC(F)(F)F)c(C(=O)O)c1Br. The van der Waals surface area contributed by atoms with Gasteiger partial charge in [0.15, 0.2) is 5.75 Å². The zero-order valence-corrected chi connectivity index (χ0v) is 11.7. The Balaban J connectivity index is 2.65. The third-order valence-corrected chi connectivity index (χ3v) is 3.33. The molecule has 0 atom stereocenters. The van der Waals surface area contributed by atoms with Gasteiger partial charge < -0.3 is 14.8 Å². The minimum atomic E-state index is -4.94. The molecule has 0 aliphatic heterocycles. The molecule has 0 fully saturated rings. The molecule has 2 heterocycles. The number of H-pyrrole nitrogens is 1. The van der Waals surface area contributed by atoms with E-state index in [2.05, 4.69) is 30.6 Å². The number of ether oxygens (including phenoxy) is 1. The van der Waals surface area contributed by atoms with Gasteiger partial charge >= 0.3 is 12.3 Å². The number of hydrogen-bond acceptors (Lipinski definition) is 3. The molecule has 2 aromatic heterocycles. The van der Waals surface area contributed by atoms with Crippen molar-refractivity contribution in [2.24, 2.45) is 0 Å². The Morgan fingerprint density at radius 2 is 2.29 bits per heavy atom. The fraction of sp³-hybridized carbons (Fsp3) is 0.167. The van der Waals surface area contributed by atoms with Crippen LogP contribution in [0.25, 0.3) is 11.4 Å². The summed E-state index contributed by atoms with van der Waals surface area (Å²) in [6, 6.07) is 2.25. The van der Waals surface area contributed by atoms with E-state index in [0.29, 0.717) is 0 Å². The maximum atomic E-state index is 12.4. The van der Waals surface area contributed by atoms with Crippen molar-refractivity contribution in [2.75, 3.05) is 0 Å². The minimum absolute atomic E-state index is 0.0913. The van der Waals surface area contributed by atoms with Gasteiger partial charge in [0.2, 0.25) is 0 Å². The first-order valence-electron chi connectivity index (χ1n) is 6.09. The second-order valence-electron chi connectivity index (χ2n) is 3.87. The number of halogens is 4. The van der Waals surface area contributed by atoms with Gasteiger partial charge in [-0.15, -0.1) is 13.2 Å². The van der Waals surface area contributed by atoms with E-state index < -0.39 is 18.1 Å². The maximum Gasteiger partial charge on any atom is 0.573 e. The molecule has 0 aliphatic rings. The van der Waals surface area contributed by atoms with Crippen LogP contribution in [-0.4, -0.2) is 27.4 Å². The number of aryl methyl sites for hydroxylation is 1. The highest BCUT2D eigenvalue weighted by Gasteiger charge is 2.33. The van der Waals surface area contributed by atoms with Crippen molar-refractivity contribution in [3.63, 3.8) is 0 Å². The average Bonchev–Trinajstić information content (AvgIpc) is 2.74. The summed E-state index contributed by atoms with van der Waals surface area (Å²) in [5, 5.41) is 9.24. The number of aromatic amines is 1. The van der Waals surface area contributed by atoms with Crippen molar-refractivity contribution in [3.05, 3.63) is 34.1 Å². The molecule has 0 saturated carbocycles. The fourth-order valence-corrected chi connectivity index (χ4v) is 2.16. The van der Waals surface area contributed by atoms with Crippen molar-refractivity contribution in [1.29, 1.82) is 0 Å². The molecule has 2 aromatic rings. The van der Waals surface area contributed by atoms with Crippen LogP contribution < -0.4 is 4.74 Å². The molecule has 0 radical (unpaired) electrons. The molecule has 9 heteroatoms. The second kappa shape index (κ2) is 5.40. The molecule has 112 valence electrons. The number of hydrogen-bond donors (Lipinski definition) is 2. The minimum Gasteiger partial charge on any atom is -0.478 e. The molecule has 2 N–H and O–H groups in total. The standard InChI is InChI=1S/C12H8BrF3N2O3/c1-5-8(13)7(11(19)20)10(18-5)9-6(3-2-4-17-9)21-12(14,15)16/h2-4,18H,1H3,(H,19,20)/i1D. The van der Waals surface area contributed by atoms with Gasteiger partial charge in [-0.3, -0.25) is 4.98 Å². The third-order valence-electron chi connectivity index (χ3n) is 2.46. The monoisotopic (exact) mass is 365 g/mol. The Bertz CT molecular complexity index is 718. The van der Waals surface area contributed by atoms with Gasteiger partial charge in [-0.05, 0) is 35.0 Å². The summed E-state index contributed by atoms with van der Waals surface area (Å²) in [4.78, 5) is 17.7. The Hall–Kier alpha value is -2.03. The van der Waals surface area contributed by atoms with Gasteiger partial charge in [0.25, 0.3) is 0 Å². The number of carboxylic acids is 1. The molecule has 0 aliphatic carbocycles. The van der Waals surface area contributed by atoms with Crippen LogP contribution in [0.3, 0.4) is 0 Å². The smallest absolute Gasteiger partial charge is 0.478 e. The van der Waals surface area contributed by atoms with Gasteiger partial charge in [-0.1, -0.05) is 0 Å². The zero-order valence-electron chi connectivity index (χ0n) is 11.2. The summed E-state index contributed by atoms with van der Waals surface area (Å²) in [7, 11) is 0. The van der Waals surface area contributed by atoms with Gasteiger partial charge in [0, 0.05) is 13.3 Å². The molecular formula is C12H8BrF3N2O3. The van der Waals surface area contributed by atoms with Crippen molar-refractivity contribution in [3.8, 4) is 17.1 Å². The predicted molar refractivity (Wildman–Crippen MR) is 70.1 cm³/mol. The van der Waals surface area contributed by atoms with Crippen LogP contribution in [0.1, 0.15) is 17.4 Å². The number of nitrogens with zero attached hydrogens (tertiary/aromatic N) is 1. The highest BCUT2D eigenvalue weighted by atomic mass is 79.9. The highest BCUT2D eigenvalue weighted by Crippen LogP contribution is 2.37. The summed E-state index contributed by atoms with van der Waals surface area (Å²) in [6.45, 7) is -0.289. The molecule has 0 unspecified atom stereocenters. The van der Waals surface area contributed by atoms with Crippen LogP contribution in [0.2, 0.25) is 0 Å². The van der Waals surface area contributed by atoms with Crippen molar-refractivity contribution >= 4 is 21.9 Å². The second-order valence-corrected chi connectivity index (χ2v) is 4.66. The predicted octanol–water partition coefficient (Wildman–Crippen LogP) is 3.74. The lowest BCUT2D eigenvalue weighted by Gasteiger charge is -2.12. The van der Waals surface area contributed by atoms with Crippen LogP contribution in [0.5, 0.6) is 5.75 Å². The largest absolute Gasteiger partial charge is 0.573 e. The summed E-state index contributed by atoms with van der Waals surface area (Å²) >= 11 is 3.02. The lowest BCUT2D eigenvalue weighted by Crippen LogP contribution is -2.18. The Kier molecular flexibility index (Phi) is 3.58. The van der Waals surface area contributed by atoms with Gasteiger partial charge in [0.1, 0.15) is 11.3 Å². The van der Waals surface area contributed by atoms with Crippen LogP contribution in [-0.2, 0) is 0 Å². The lowest BCUT2D eigenvalue weighted by molar-refractivity contribution is -0.274. The first kappa shape index (κ1) is 13.9. The number of carbonyl (C=O) groups is 1. The first-order chi connectivity index (χ1) is 10.2. The third kappa shape index (κ3) is 3.18. The van der Waals surface area contributed by atoms with E-state index in [1.54, 1.807) is 0 Å². The molecule has 0 amide bonds. The van der Waals surface area contributed by atoms with Gasteiger partial charge in [-0.2, -0.15) is 0 Å². The van der Waals surface area contributed by atoms with Crippen molar-refractivity contribution in [1.82, 2.24) is 9.97 Å². The van der Waals surface area contributed by atoms with Crippen LogP contribution in [0.4, 0.5) is 13.2 Å². The topological polar surface area (TPSA) is 75.2 Å². The number of carboxylic acid groups (broad SMARTS) is 1. The van der Waals surface area contributed by atoms with E-state index in [0.717, 1.165) is 6.07 Å². The number of pyridine rings is 1. The van der Waals surface area contributed by atoms with E-state index in [1.807, 2.05) is 0 Å². The molecule has 0 aromatic carbocycles. The summed E-state index contributed by atoms with van der Waals surface area (Å²) in [5.74, 6) is -2.01. The van der Waals surface area contributed by atoms with E-state index in [9.17, 15) is 23.1 Å². The van der Waals surface area contributed by atoms with E-state index >= 15 is 0 Å². The van der Waals surface area contributed by atoms with Crippen molar-refractivity contribution in [2.45, 2.75) is 13.3 Å². The van der Waals surface area contributed by atoms with Crippen molar-refractivity contribution < 1.29 is 29.2 Å². The fourth-order valence-electron chi connectivity index (χ4n) is 1.69. The first-order valence-corrected chi connectivity index (χ1v) is 6.18. The van der Waals surface area contributed by atoms with Gasteiger partial charge in [-0.25, -0.2) is 4.79 Å². The number of aromatic nitrogens is 2. The Morgan fingerprint density at radius 1 is 1.57 bits per heavy atom. The zero-order chi connectivity index (χ0) is 16.5. The number of rotatable bonds is 3. The van der Waals surface area contributed by atoms with E-state index in [1.165, 1.54) is 12.3 Å². The van der Waals surface area contributed by atoms with Crippen LogP contribution in [0, 0.1) is 6.90 Å². The number of nitrogens with one attached hydrogen (secondary N) is 1. The van der Waals surface area contributed by atoms with Gasteiger partial charge in [0.05, 0.1) is 10.2 Å². The Morgan fingerprint density at radius 3 is 2.86 bits per heavy atom. The summed E-state index contributed by atoms with van der Waals surface area (Å²) < 4.78 is 48.6.